The van der Waals surface area contributed by atoms with Crippen LogP contribution in [0, 0.1) is 5.92 Å². The van der Waals surface area contributed by atoms with Crippen LogP contribution < -0.4 is 15.0 Å². The first-order valence-electron chi connectivity index (χ1n) is 5.59. The highest BCUT2D eigenvalue weighted by atomic mass is 35.5. The van der Waals surface area contributed by atoms with Crippen molar-refractivity contribution in [3.63, 3.8) is 0 Å². The lowest BCUT2D eigenvalue weighted by Crippen LogP contribution is -2.17. The van der Waals surface area contributed by atoms with Crippen molar-refractivity contribution in [2.75, 3.05) is 13.4 Å². The summed E-state index contributed by atoms with van der Waals surface area (Å²) in [5, 5.41) is 0.570. The minimum absolute atomic E-state index is 0.232. The van der Waals surface area contributed by atoms with Gasteiger partial charge in [0.25, 0.3) is 0 Å². The van der Waals surface area contributed by atoms with Gasteiger partial charge in [0.15, 0.2) is 11.5 Å². The molecule has 0 amide bonds. The second kappa shape index (κ2) is 5.58. The van der Waals surface area contributed by atoms with E-state index < -0.39 is 0 Å². The molecule has 0 atom stereocenters. The molecule has 0 radical (unpaired) electrons. The summed E-state index contributed by atoms with van der Waals surface area (Å²) in [5.41, 5.74) is 3.90. The molecular weight excluding hydrogens is 242 g/mol. The molecule has 0 saturated heterocycles. The lowest BCUT2D eigenvalue weighted by Gasteiger charge is -2.09. The molecule has 2 rings (SSSR count). The smallest absolute Gasteiger partial charge is 0.231 e. The van der Waals surface area contributed by atoms with Crippen LogP contribution in [-0.2, 0) is 11.4 Å². The highest BCUT2D eigenvalue weighted by molar-refractivity contribution is 6.32. The van der Waals surface area contributed by atoms with Gasteiger partial charge in [-0.05, 0) is 23.6 Å². The van der Waals surface area contributed by atoms with E-state index in [9.17, 15) is 0 Å². The summed E-state index contributed by atoms with van der Waals surface area (Å²) in [7, 11) is 0. The molecule has 0 spiro atoms. The van der Waals surface area contributed by atoms with Crippen LogP contribution in [0.15, 0.2) is 12.1 Å². The molecule has 4 nitrogen and oxygen atoms in total. The minimum atomic E-state index is 0.232. The number of hydrogen-bond donors (Lipinski definition) is 1. The van der Waals surface area contributed by atoms with E-state index in [4.69, 9.17) is 25.9 Å². The van der Waals surface area contributed by atoms with Crippen molar-refractivity contribution < 1.29 is 14.3 Å². The second-order valence-corrected chi connectivity index (χ2v) is 4.74. The standard InChI is InChI=1S/C12H16ClNO3/c1-8(2)6-17-14-5-9-3-10(13)12-11(4-9)15-7-16-12/h3-4,8,14H,5-7H2,1-2H3. The number of nitrogens with one attached hydrogen (secondary N) is 1. The monoisotopic (exact) mass is 257 g/mol. The van der Waals surface area contributed by atoms with E-state index in [2.05, 4.69) is 19.3 Å². The molecule has 1 heterocycles. The fraction of sp³-hybridized carbons (Fsp3) is 0.500. The second-order valence-electron chi connectivity index (χ2n) is 4.34. The zero-order chi connectivity index (χ0) is 12.3. The summed E-state index contributed by atoms with van der Waals surface area (Å²) in [6.45, 7) is 5.69. The Hall–Kier alpha value is -0.970. The predicted molar refractivity (Wildman–Crippen MR) is 65.2 cm³/mol. The molecule has 0 aromatic heterocycles. The van der Waals surface area contributed by atoms with Gasteiger partial charge in [-0.25, -0.2) is 0 Å². The lowest BCUT2D eigenvalue weighted by molar-refractivity contribution is 0.0196. The first-order valence-corrected chi connectivity index (χ1v) is 5.97. The van der Waals surface area contributed by atoms with E-state index in [-0.39, 0.29) is 6.79 Å². The summed E-state index contributed by atoms with van der Waals surface area (Å²) in [6.07, 6.45) is 0. The molecule has 0 bridgehead atoms. The molecule has 5 heteroatoms. The van der Waals surface area contributed by atoms with Crippen LogP contribution >= 0.6 is 11.6 Å². The van der Waals surface area contributed by atoms with Crippen LogP contribution in [-0.4, -0.2) is 13.4 Å². The molecule has 1 aliphatic rings. The fourth-order valence-corrected chi connectivity index (χ4v) is 1.77. The average Bonchev–Trinajstić information content (AvgIpc) is 2.72. The Kier molecular flexibility index (Phi) is 4.10. The summed E-state index contributed by atoms with van der Waals surface area (Å²) < 4.78 is 10.5. The van der Waals surface area contributed by atoms with E-state index in [1.54, 1.807) is 0 Å². The Bertz CT molecular complexity index is 396. The molecule has 17 heavy (non-hydrogen) atoms. The van der Waals surface area contributed by atoms with E-state index in [0.29, 0.717) is 35.6 Å². The van der Waals surface area contributed by atoms with Gasteiger partial charge in [0.05, 0.1) is 11.6 Å². The van der Waals surface area contributed by atoms with Gasteiger partial charge < -0.3 is 14.3 Å². The summed E-state index contributed by atoms with van der Waals surface area (Å²) >= 11 is 6.06. The van der Waals surface area contributed by atoms with Crippen LogP contribution in [0.4, 0.5) is 0 Å². The van der Waals surface area contributed by atoms with Crippen LogP contribution in [0.5, 0.6) is 11.5 Å². The highest BCUT2D eigenvalue weighted by Crippen LogP contribution is 2.39. The molecule has 0 fully saturated rings. The van der Waals surface area contributed by atoms with Gasteiger partial charge in [-0.3, -0.25) is 0 Å². The number of fused-ring (bicyclic) bond motifs is 1. The maximum absolute atomic E-state index is 6.06. The molecule has 1 aliphatic heterocycles. The molecule has 1 N–H and O–H groups in total. The maximum atomic E-state index is 6.06. The summed E-state index contributed by atoms with van der Waals surface area (Å²) in [4.78, 5) is 5.29. The molecule has 94 valence electrons. The van der Waals surface area contributed by atoms with Gasteiger partial charge in [-0.1, -0.05) is 25.4 Å². The van der Waals surface area contributed by atoms with Gasteiger partial charge in [-0.15, -0.1) is 0 Å². The number of hydrogen-bond acceptors (Lipinski definition) is 4. The Morgan fingerprint density at radius 3 is 3.00 bits per heavy atom. The van der Waals surface area contributed by atoms with E-state index in [1.807, 2.05) is 12.1 Å². The molecule has 1 aromatic carbocycles. The Balaban J connectivity index is 1.91. The van der Waals surface area contributed by atoms with Crippen molar-refractivity contribution in [3.05, 3.63) is 22.7 Å². The first kappa shape index (κ1) is 12.5. The SMILES string of the molecule is CC(C)CONCc1cc(Cl)c2c(c1)OCO2. The van der Waals surface area contributed by atoms with Gasteiger partial charge >= 0.3 is 0 Å². The summed E-state index contributed by atoms with van der Waals surface area (Å²) in [6, 6.07) is 3.75. The molecular formula is C12H16ClNO3. The van der Waals surface area contributed by atoms with Gasteiger partial charge in [0, 0.05) is 6.54 Å². The lowest BCUT2D eigenvalue weighted by atomic mass is 10.2. The average molecular weight is 258 g/mol. The quantitative estimate of drug-likeness (QED) is 0.650. The van der Waals surface area contributed by atoms with Crippen molar-refractivity contribution in [3.8, 4) is 11.5 Å². The third-order valence-corrected chi connectivity index (χ3v) is 2.56. The summed E-state index contributed by atoms with van der Waals surface area (Å²) in [5.74, 6) is 1.82. The molecule has 0 saturated carbocycles. The zero-order valence-electron chi connectivity index (χ0n) is 9.96. The van der Waals surface area contributed by atoms with Crippen LogP contribution in [0.3, 0.4) is 0 Å². The van der Waals surface area contributed by atoms with Crippen molar-refractivity contribution >= 4 is 11.6 Å². The molecule has 0 aliphatic carbocycles. The number of halogens is 1. The number of benzene rings is 1. The number of ether oxygens (including phenoxy) is 2. The number of rotatable bonds is 5. The van der Waals surface area contributed by atoms with Gasteiger partial charge in [0.2, 0.25) is 6.79 Å². The Labute approximate surface area is 106 Å². The van der Waals surface area contributed by atoms with E-state index >= 15 is 0 Å². The predicted octanol–water partition coefficient (Wildman–Crippen LogP) is 2.75. The molecule has 1 aromatic rings. The topological polar surface area (TPSA) is 39.7 Å². The third kappa shape index (κ3) is 3.25. The van der Waals surface area contributed by atoms with Crippen molar-refractivity contribution in [1.29, 1.82) is 0 Å². The minimum Gasteiger partial charge on any atom is -0.454 e. The van der Waals surface area contributed by atoms with E-state index in [0.717, 1.165) is 5.56 Å². The van der Waals surface area contributed by atoms with Crippen LogP contribution in [0.1, 0.15) is 19.4 Å². The van der Waals surface area contributed by atoms with Crippen LogP contribution in [0.25, 0.3) is 0 Å². The zero-order valence-corrected chi connectivity index (χ0v) is 10.7. The van der Waals surface area contributed by atoms with Crippen molar-refractivity contribution in [2.45, 2.75) is 20.4 Å². The van der Waals surface area contributed by atoms with Crippen LogP contribution in [0.2, 0.25) is 5.02 Å². The Morgan fingerprint density at radius 2 is 2.24 bits per heavy atom. The normalized spacial score (nSPS) is 13.4. The largest absolute Gasteiger partial charge is 0.454 e. The van der Waals surface area contributed by atoms with E-state index in [1.165, 1.54) is 0 Å². The van der Waals surface area contributed by atoms with Gasteiger partial charge in [0.1, 0.15) is 0 Å². The highest BCUT2D eigenvalue weighted by Gasteiger charge is 2.17. The van der Waals surface area contributed by atoms with Crippen molar-refractivity contribution in [1.82, 2.24) is 5.48 Å². The van der Waals surface area contributed by atoms with Gasteiger partial charge in [-0.2, -0.15) is 5.48 Å². The third-order valence-electron chi connectivity index (χ3n) is 2.28. The Morgan fingerprint density at radius 1 is 1.41 bits per heavy atom. The molecule has 0 unspecified atom stereocenters. The first-order chi connectivity index (χ1) is 8.16. The maximum Gasteiger partial charge on any atom is 0.231 e. The number of hydroxylamine groups is 1. The fourth-order valence-electron chi connectivity index (χ4n) is 1.48. The van der Waals surface area contributed by atoms with Crippen molar-refractivity contribution in [2.24, 2.45) is 5.92 Å².